The Morgan fingerprint density at radius 1 is 1.00 bits per heavy atom. The molecule has 1 heterocycles. The van der Waals surface area contributed by atoms with E-state index in [2.05, 4.69) is 5.32 Å². The molecular weight excluding hydrogens is 460 g/mol. The van der Waals surface area contributed by atoms with Gasteiger partial charge in [-0.15, -0.1) is 0 Å². The first-order valence-electron chi connectivity index (χ1n) is 11.2. The highest BCUT2D eigenvalue weighted by Crippen LogP contribution is 2.30. The van der Waals surface area contributed by atoms with Crippen LogP contribution in [0.15, 0.2) is 47.4 Å². The van der Waals surface area contributed by atoms with Crippen molar-refractivity contribution in [3.63, 3.8) is 0 Å². The van der Waals surface area contributed by atoms with E-state index in [4.69, 9.17) is 14.2 Å². The molecule has 2 aromatic carbocycles. The van der Waals surface area contributed by atoms with Crippen molar-refractivity contribution >= 4 is 27.6 Å². The molecule has 0 unspecified atom stereocenters. The lowest BCUT2D eigenvalue weighted by atomic mass is 10.2. The number of nitrogens with one attached hydrogen (secondary N) is 1. The second-order valence-corrected chi connectivity index (χ2v) is 9.64. The molecule has 1 amide bonds. The maximum atomic E-state index is 13.3. The van der Waals surface area contributed by atoms with E-state index in [9.17, 15) is 18.0 Å². The molecule has 0 saturated carbocycles. The first-order chi connectivity index (χ1) is 16.4. The van der Waals surface area contributed by atoms with Crippen molar-refractivity contribution in [2.45, 2.75) is 37.5 Å². The van der Waals surface area contributed by atoms with Crippen molar-refractivity contribution in [3.05, 3.63) is 48.0 Å². The molecule has 1 N–H and O–H groups in total. The Hall–Kier alpha value is -3.11. The summed E-state index contributed by atoms with van der Waals surface area (Å²) in [4.78, 5) is 24.8. The number of para-hydroxylation sites is 2. The summed E-state index contributed by atoms with van der Waals surface area (Å²) in [6.45, 7) is 2.56. The Labute approximate surface area is 200 Å². The summed E-state index contributed by atoms with van der Waals surface area (Å²) in [6.07, 6.45) is 3.52. The van der Waals surface area contributed by atoms with Crippen LogP contribution in [0.3, 0.4) is 0 Å². The lowest BCUT2D eigenvalue weighted by molar-refractivity contribution is -0.119. The molecule has 1 fully saturated rings. The van der Waals surface area contributed by atoms with E-state index in [0.29, 0.717) is 31.1 Å². The summed E-state index contributed by atoms with van der Waals surface area (Å²) in [5.41, 5.74) is 0.470. The van der Waals surface area contributed by atoms with E-state index in [0.717, 1.165) is 25.7 Å². The summed E-state index contributed by atoms with van der Waals surface area (Å²) < 4.78 is 43.8. The van der Waals surface area contributed by atoms with Crippen LogP contribution in [0.2, 0.25) is 0 Å². The molecule has 184 valence electrons. The molecule has 0 aromatic heterocycles. The number of hydrogen-bond donors (Lipinski definition) is 1. The zero-order chi connectivity index (χ0) is 24.6. The predicted molar refractivity (Wildman–Crippen MR) is 127 cm³/mol. The van der Waals surface area contributed by atoms with Gasteiger partial charge in [-0.3, -0.25) is 4.79 Å². The van der Waals surface area contributed by atoms with Gasteiger partial charge in [-0.1, -0.05) is 25.0 Å². The third kappa shape index (κ3) is 6.27. The fourth-order valence-corrected chi connectivity index (χ4v) is 5.38. The molecule has 0 bridgehead atoms. The third-order valence-corrected chi connectivity index (χ3v) is 7.30. The highest BCUT2D eigenvalue weighted by atomic mass is 32.2. The Kier molecular flexibility index (Phi) is 8.89. The van der Waals surface area contributed by atoms with Crippen molar-refractivity contribution in [2.75, 3.05) is 38.7 Å². The van der Waals surface area contributed by atoms with E-state index in [1.165, 1.54) is 29.6 Å². The van der Waals surface area contributed by atoms with Gasteiger partial charge in [0, 0.05) is 13.1 Å². The van der Waals surface area contributed by atoms with Gasteiger partial charge in [0.15, 0.2) is 6.61 Å². The number of carbonyl (C=O) groups is 2. The molecule has 0 aliphatic carbocycles. The van der Waals surface area contributed by atoms with Crippen LogP contribution in [-0.2, 0) is 19.6 Å². The maximum absolute atomic E-state index is 13.3. The van der Waals surface area contributed by atoms with Crippen LogP contribution in [-0.4, -0.2) is 58.0 Å². The number of esters is 1. The van der Waals surface area contributed by atoms with Gasteiger partial charge >= 0.3 is 5.97 Å². The largest absolute Gasteiger partial charge is 0.495 e. The number of carbonyl (C=O) groups excluding carboxylic acids is 2. The van der Waals surface area contributed by atoms with Crippen molar-refractivity contribution in [1.29, 1.82) is 0 Å². The molecule has 1 aliphatic heterocycles. The zero-order valence-corrected chi connectivity index (χ0v) is 20.2. The summed E-state index contributed by atoms with van der Waals surface area (Å²) >= 11 is 0. The molecule has 0 atom stereocenters. The van der Waals surface area contributed by atoms with Gasteiger partial charge in [-0.05, 0) is 50.1 Å². The molecule has 34 heavy (non-hydrogen) atoms. The molecule has 9 nitrogen and oxygen atoms in total. The highest BCUT2D eigenvalue weighted by molar-refractivity contribution is 7.89. The molecular formula is C24H30N2O7S. The fourth-order valence-electron chi connectivity index (χ4n) is 3.68. The molecule has 1 aliphatic rings. The number of methoxy groups -OCH3 is 1. The number of anilines is 1. The van der Waals surface area contributed by atoms with Gasteiger partial charge in [0.25, 0.3) is 5.91 Å². The number of benzene rings is 2. The number of ether oxygens (including phenoxy) is 3. The number of rotatable bonds is 9. The summed E-state index contributed by atoms with van der Waals surface area (Å²) in [5, 5.41) is 2.64. The molecule has 2 aromatic rings. The number of hydrogen-bond acceptors (Lipinski definition) is 7. The highest BCUT2D eigenvalue weighted by Gasteiger charge is 2.29. The van der Waals surface area contributed by atoms with Gasteiger partial charge < -0.3 is 19.5 Å². The average Bonchev–Trinajstić information content (AvgIpc) is 3.14. The topological polar surface area (TPSA) is 111 Å². The van der Waals surface area contributed by atoms with Crippen molar-refractivity contribution in [2.24, 2.45) is 0 Å². The van der Waals surface area contributed by atoms with Crippen LogP contribution in [0.25, 0.3) is 0 Å². The monoisotopic (exact) mass is 490 g/mol. The Morgan fingerprint density at radius 2 is 1.71 bits per heavy atom. The normalized spacial score (nSPS) is 14.6. The quantitative estimate of drug-likeness (QED) is 0.536. The standard InChI is InChI=1S/C24H30N2O7S/c1-3-32-20-11-7-6-10-19(20)25-23(27)17-33-24(28)18-12-13-21(31-2)22(16-18)34(29,30)26-14-8-4-5-9-15-26/h6-7,10-13,16H,3-5,8-9,14-15,17H2,1-2H3,(H,25,27). The van der Waals surface area contributed by atoms with Gasteiger partial charge in [-0.2, -0.15) is 4.31 Å². The van der Waals surface area contributed by atoms with Gasteiger partial charge in [0.2, 0.25) is 10.0 Å². The van der Waals surface area contributed by atoms with Crippen molar-refractivity contribution in [1.82, 2.24) is 4.31 Å². The van der Waals surface area contributed by atoms with Crippen LogP contribution in [0.4, 0.5) is 5.69 Å². The minimum absolute atomic E-state index is 0.0108. The van der Waals surface area contributed by atoms with Crippen molar-refractivity contribution in [3.8, 4) is 11.5 Å². The molecule has 10 heteroatoms. The first-order valence-corrected chi connectivity index (χ1v) is 12.7. The van der Waals surface area contributed by atoms with Crippen molar-refractivity contribution < 1.29 is 32.2 Å². The smallest absolute Gasteiger partial charge is 0.338 e. The molecule has 0 radical (unpaired) electrons. The van der Waals surface area contributed by atoms with Gasteiger partial charge in [0.1, 0.15) is 16.4 Å². The minimum Gasteiger partial charge on any atom is -0.495 e. The Balaban J connectivity index is 1.71. The van der Waals surface area contributed by atoms with Crippen LogP contribution < -0.4 is 14.8 Å². The number of amides is 1. The van der Waals surface area contributed by atoms with Crippen LogP contribution in [0.5, 0.6) is 11.5 Å². The van der Waals surface area contributed by atoms with E-state index in [1.807, 2.05) is 6.92 Å². The summed E-state index contributed by atoms with van der Waals surface area (Å²) in [7, 11) is -2.48. The van der Waals surface area contributed by atoms with Crippen LogP contribution >= 0.6 is 0 Å². The van der Waals surface area contributed by atoms with E-state index in [1.54, 1.807) is 24.3 Å². The van der Waals surface area contributed by atoms with E-state index in [-0.39, 0.29) is 16.2 Å². The van der Waals surface area contributed by atoms with Crippen LogP contribution in [0.1, 0.15) is 43.0 Å². The van der Waals surface area contributed by atoms with E-state index >= 15 is 0 Å². The maximum Gasteiger partial charge on any atom is 0.338 e. The third-order valence-electron chi connectivity index (χ3n) is 5.38. The predicted octanol–water partition coefficient (Wildman–Crippen LogP) is 3.45. The Bertz CT molecular complexity index is 1110. The average molecular weight is 491 g/mol. The molecule has 1 saturated heterocycles. The minimum atomic E-state index is -3.86. The second-order valence-electron chi connectivity index (χ2n) is 7.74. The molecule has 3 rings (SSSR count). The second kappa shape index (κ2) is 11.8. The zero-order valence-electron chi connectivity index (χ0n) is 19.4. The fraction of sp³-hybridized carbons (Fsp3) is 0.417. The van der Waals surface area contributed by atoms with Gasteiger partial charge in [0.05, 0.1) is 25.0 Å². The van der Waals surface area contributed by atoms with E-state index < -0.39 is 28.5 Å². The first kappa shape index (κ1) is 25.5. The lowest BCUT2D eigenvalue weighted by Crippen LogP contribution is -2.32. The number of sulfonamides is 1. The van der Waals surface area contributed by atoms with Crippen LogP contribution in [0, 0.1) is 0 Å². The summed E-state index contributed by atoms with van der Waals surface area (Å²) in [6, 6.07) is 11.0. The summed E-state index contributed by atoms with van der Waals surface area (Å²) in [5.74, 6) is -0.719. The Morgan fingerprint density at radius 3 is 2.38 bits per heavy atom. The molecule has 0 spiro atoms. The van der Waals surface area contributed by atoms with Gasteiger partial charge in [-0.25, -0.2) is 13.2 Å². The SMILES string of the molecule is CCOc1ccccc1NC(=O)COC(=O)c1ccc(OC)c(S(=O)(=O)N2CCCCCC2)c1. The number of nitrogens with zero attached hydrogens (tertiary/aromatic N) is 1. The lowest BCUT2D eigenvalue weighted by Gasteiger charge is -2.21.